The van der Waals surface area contributed by atoms with Crippen LogP contribution in [-0.4, -0.2) is 82.3 Å². The second-order valence-corrected chi connectivity index (χ2v) is 22.5. The average molecular weight is 1120 g/mol. The first-order chi connectivity index (χ1) is 39.4. The Labute approximate surface area is 485 Å². The van der Waals surface area contributed by atoms with Gasteiger partial charge >= 0.3 is 5.97 Å². The molecular formula is C68H70N4O7S2. The molecule has 0 heterocycles. The molecule has 416 valence electrons. The lowest BCUT2D eigenvalue weighted by molar-refractivity contribution is -0.145. The predicted octanol–water partition coefficient (Wildman–Crippen LogP) is 10.8. The van der Waals surface area contributed by atoms with Gasteiger partial charge in [-0.05, 0) is 69.2 Å². The molecule has 5 N–H and O–H groups in total. The molecule has 7 aromatic rings. The third kappa shape index (κ3) is 16.3. The molecular weight excluding hydrogens is 1050 g/mol. The van der Waals surface area contributed by atoms with Gasteiger partial charge < -0.3 is 30.9 Å². The van der Waals surface area contributed by atoms with Gasteiger partial charge in [0.1, 0.15) is 18.7 Å². The number of allylic oxidation sites excluding steroid dienone is 1. The zero-order valence-corrected chi connectivity index (χ0v) is 47.3. The Hall–Kier alpha value is -7.99. The number of benzene rings is 7. The van der Waals surface area contributed by atoms with Gasteiger partial charge in [0, 0.05) is 12.2 Å². The van der Waals surface area contributed by atoms with E-state index in [0.29, 0.717) is 23.3 Å². The monoisotopic (exact) mass is 1120 g/mol. The van der Waals surface area contributed by atoms with E-state index >= 15 is 4.79 Å². The van der Waals surface area contributed by atoms with Crippen LogP contribution < -0.4 is 16.0 Å². The Balaban J connectivity index is 1.15. The number of amides is 3. The van der Waals surface area contributed by atoms with E-state index in [1.54, 1.807) is 56.0 Å². The van der Waals surface area contributed by atoms with Gasteiger partial charge in [-0.15, -0.1) is 23.5 Å². The Morgan fingerprint density at radius 1 is 0.605 bits per heavy atom. The van der Waals surface area contributed by atoms with Gasteiger partial charge in [-0.2, -0.15) is 5.26 Å². The normalized spacial score (nSPS) is 13.4. The van der Waals surface area contributed by atoms with Crippen molar-refractivity contribution < 1.29 is 34.1 Å². The molecule has 0 aromatic heterocycles. The SMILES string of the molecule is C=CCOC(=O)C[C@H](O)[C@H](NC(=O)C(CSC(c1ccccc1)(c1ccccc1)c1ccccc1)NC(=O)C(Cc1cccc(C#N)c1)NC(=O)CC(O)C=CCCSC(c1ccccc1)(c1ccccc1)c1ccccc1)C(C)C. The zero-order valence-electron chi connectivity index (χ0n) is 45.7. The lowest BCUT2D eigenvalue weighted by Gasteiger charge is -2.37. The molecule has 0 aliphatic heterocycles. The summed E-state index contributed by atoms with van der Waals surface area (Å²) in [7, 11) is 0. The minimum absolute atomic E-state index is 0.0198. The molecule has 0 aliphatic rings. The quantitative estimate of drug-likeness (QED) is 0.0131. The molecule has 13 heteroatoms. The molecule has 0 fully saturated rings. The smallest absolute Gasteiger partial charge is 0.308 e. The molecule has 0 radical (unpaired) electrons. The molecule has 0 saturated carbocycles. The molecule has 3 amide bonds. The molecule has 7 rings (SSSR count). The molecule has 0 bridgehead atoms. The number of nitriles is 1. The van der Waals surface area contributed by atoms with Gasteiger partial charge in [-0.25, -0.2) is 0 Å². The van der Waals surface area contributed by atoms with Crippen LogP contribution in [0.3, 0.4) is 0 Å². The van der Waals surface area contributed by atoms with Gasteiger partial charge in [-0.3, -0.25) is 19.2 Å². The lowest BCUT2D eigenvalue weighted by atomic mass is 9.84. The summed E-state index contributed by atoms with van der Waals surface area (Å²) in [6.45, 7) is 7.14. The van der Waals surface area contributed by atoms with E-state index in [-0.39, 0.29) is 31.1 Å². The number of aliphatic hydroxyl groups is 2. The van der Waals surface area contributed by atoms with E-state index in [1.807, 2.05) is 152 Å². The molecule has 0 spiro atoms. The van der Waals surface area contributed by atoms with E-state index in [2.05, 4.69) is 65.0 Å². The molecule has 7 aromatic carbocycles. The van der Waals surface area contributed by atoms with Crippen LogP contribution in [0.25, 0.3) is 0 Å². The van der Waals surface area contributed by atoms with Gasteiger partial charge in [0.25, 0.3) is 0 Å². The first-order valence-corrected chi connectivity index (χ1v) is 29.1. The van der Waals surface area contributed by atoms with Crippen molar-refractivity contribution in [3.8, 4) is 6.07 Å². The molecule has 81 heavy (non-hydrogen) atoms. The third-order valence-electron chi connectivity index (χ3n) is 13.9. The summed E-state index contributed by atoms with van der Waals surface area (Å²) in [4.78, 5) is 56.8. The standard InChI is InChI=1S/C68H70N4O7S2/c1-4-41-79-63(76)46-61(74)64(49(2)3)72-66(78)60(48-81-68(55-34-17-8-18-35-55,56-36-19-9-20-37-56)57-38-21-10-22-39-57)71-65(77)59(44-50-26-25-27-51(43-50)47-69)70-62(75)45-58(73)40-23-24-42-80-67(52-28-11-5-12-29-52,53-30-13-6-14-31-53)54-32-15-7-16-33-54/h4-23,25-40,43,49,58-61,64,73-74H,1,24,41-42,44-46,48H2,2-3H3,(H,70,75)(H,71,77)(H,72,78)/t58?,59?,60?,61-,64+/m0/s1. The van der Waals surface area contributed by atoms with E-state index in [1.165, 1.54) is 17.8 Å². The molecule has 11 nitrogen and oxygen atoms in total. The first-order valence-electron chi connectivity index (χ1n) is 27.2. The number of thioether (sulfide) groups is 2. The topological polar surface area (TPSA) is 178 Å². The lowest BCUT2D eigenvalue weighted by Crippen LogP contribution is -2.58. The fourth-order valence-corrected chi connectivity index (χ4v) is 13.0. The summed E-state index contributed by atoms with van der Waals surface area (Å²) in [6.07, 6.45) is 2.06. The van der Waals surface area contributed by atoms with Crippen molar-refractivity contribution in [1.82, 2.24) is 16.0 Å². The largest absolute Gasteiger partial charge is 0.461 e. The van der Waals surface area contributed by atoms with Gasteiger partial charge in [-0.1, -0.05) is 233 Å². The van der Waals surface area contributed by atoms with Crippen molar-refractivity contribution in [3.63, 3.8) is 0 Å². The van der Waals surface area contributed by atoms with Gasteiger partial charge in [0.2, 0.25) is 17.7 Å². The van der Waals surface area contributed by atoms with Crippen molar-refractivity contribution in [2.45, 2.75) is 79.4 Å². The van der Waals surface area contributed by atoms with Gasteiger partial charge in [0.15, 0.2) is 0 Å². The molecule has 0 saturated heterocycles. The van der Waals surface area contributed by atoms with Crippen LogP contribution in [0.15, 0.2) is 231 Å². The fourth-order valence-electron chi connectivity index (χ4n) is 9.94. The number of rotatable bonds is 29. The van der Waals surface area contributed by atoms with Crippen LogP contribution in [0.5, 0.6) is 0 Å². The van der Waals surface area contributed by atoms with E-state index in [4.69, 9.17) is 4.74 Å². The first kappa shape index (κ1) is 60.6. The summed E-state index contributed by atoms with van der Waals surface area (Å²) in [5.74, 6) is -2.35. The number of carbonyl (C=O) groups is 4. The fraction of sp³-hybridized carbons (Fsp3) is 0.250. The summed E-state index contributed by atoms with van der Waals surface area (Å²) >= 11 is 3.22. The summed E-state index contributed by atoms with van der Waals surface area (Å²) in [5.41, 5.74) is 7.07. The number of hydrogen-bond donors (Lipinski definition) is 5. The Kier molecular flexibility index (Phi) is 22.9. The number of carbonyl (C=O) groups excluding carboxylic acids is 4. The molecule has 5 atom stereocenters. The van der Waals surface area contributed by atoms with Crippen molar-refractivity contribution in [3.05, 3.63) is 276 Å². The predicted molar refractivity (Wildman–Crippen MR) is 325 cm³/mol. The van der Waals surface area contributed by atoms with Crippen molar-refractivity contribution in [2.75, 3.05) is 18.1 Å². The van der Waals surface area contributed by atoms with Crippen molar-refractivity contribution >= 4 is 47.2 Å². The minimum Gasteiger partial charge on any atom is -0.461 e. The third-order valence-corrected chi connectivity index (χ3v) is 17.1. The molecule has 3 unspecified atom stereocenters. The van der Waals surface area contributed by atoms with E-state index in [0.717, 1.165) is 33.4 Å². The second-order valence-electron chi connectivity index (χ2n) is 19.9. The van der Waals surface area contributed by atoms with Crippen LogP contribution in [-0.2, 0) is 39.8 Å². The van der Waals surface area contributed by atoms with Crippen LogP contribution in [0.4, 0.5) is 0 Å². The maximum Gasteiger partial charge on any atom is 0.308 e. The average Bonchev–Trinajstić information content (AvgIpc) is 3.50. The highest BCUT2D eigenvalue weighted by Gasteiger charge is 2.41. The number of aliphatic hydroxyl groups excluding tert-OH is 2. The Morgan fingerprint density at radius 2 is 1.06 bits per heavy atom. The van der Waals surface area contributed by atoms with E-state index < -0.39 is 69.9 Å². The highest BCUT2D eigenvalue weighted by molar-refractivity contribution is 8.00. The van der Waals surface area contributed by atoms with Crippen LogP contribution >= 0.6 is 23.5 Å². The maximum absolute atomic E-state index is 15.0. The Morgan fingerprint density at radius 3 is 1.51 bits per heavy atom. The van der Waals surface area contributed by atoms with Crippen molar-refractivity contribution in [2.24, 2.45) is 5.92 Å². The second kappa shape index (κ2) is 30.6. The van der Waals surface area contributed by atoms with Crippen LogP contribution in [0.1, 0.15) is 77.6 Å². The summed E-state index contributed by atoms with van der Waals surface area (Å²) in [5, 5.41) is 41.4. The van der Waals surface area contributed by atoms with Crippen LogP contribution in [0.2, 0.25) is 0 Å². The number of esters is 1. The maximum atomic E-state index is 15.0. The Bertz CT molecular complexity index is 2990. The van der Waals surface area contributed by atoms with Crippen molar-refractivity contribution in [1.29, 1.82) is 5.26 Å². The highest BCUT2D eigenvalue weighted by Crippen LogP contribution is 2.50. The number of ether oxygens (including phenoxy) is 1. The minimum atomic E-state index is -1.35. The summed E-state index contributed by atoms with van der Waals surface area (Å²) < 4.78 is 3.72. The van der Waals surface area contributed by atoms with Crippen LogP contribution in [0, 0.1) is 17.2 Å². The van der Waals surface area contributed by atoms with E-state index in [9.17, 15) is 29.9 Å². The number of hydrogen-bond acceptors (Lipinski definition) is 10. The highest BCUT2D eigenvalue weighted by atomic mass is 32.2. The summed E-state index contributed by atoms with van der Waals surface area (Å²) in [6, 6.07) is 66.1. The zero-order chi connectivity index (χ0) is 57.5. The van der Waals surface area contributed by atoms with Gasteiger partial charge in [0.05, 0.1) is 52.2 Å². The number of nitrogens with zero attached hydrogens (tertiary/aromatic N) is 1. The number of nitrogens with one attached hydrogen (secondary N) is 3. The molecule has 0 aliphatic carbocycles.